The molecule has 2 aromatic heterocycles. The van der Waals surface area contributed by atoms with E-state index in [4.69, 9.17) is 4.74 Å². The third-order valence-corrected chi connectivity index (χ3v) is 5.04. The first kappa shape index (κ1) is 20.4. The van der Waals surface area contributed by atoms with Crippen LogP contribution in [0.25, 0.3) is 0 Å². The van der Waals surface area contributed by atoms with Gasteiger partial charge in [-0.15, -0.1) is 0 Å². The molecule has 1 fully saturated rings. The minimum Gasteiger partial charge on any atom is -0.381 e. The van der Waals surface area contributed by atoms with Crippen molar-refractivity contribution in [3.05, 3.63) is 47.5 Å². The Bertz CT molecular complexity index is 946. The summed E-state index contributed by atoms with van der Waals surface area (Å²) in [6.45, 7) is 3.26. The Labute approximate surface area is 171 Å². The predicted octanol–water partition coefficient (Wildman–Crippen LogP) is 4.37. The number of hydrogen-bond acceptors (Lipinski definition) is 6. The number of anilines is 3. The first-order valence-corrected chi connectivity index (χ1v) is 9.84. The smallest absolute Gasteiger partial charge is 0.381 e. The quantitative estimate of drug-likeness (QED) is 0.666. The lowest BCUT2D eigenvalue weighted by atomic mass is 9.95. The van der Waals surface area contributed by atoms with Crippen LogP contribution in [0, 0.1) is 6.92 Å². The molecule has 4 rings (SSSR count). The van der Waals surface area contributed by atoms with Gasteiger partial charge in [0, 0.05) is 43.0 Å². The summed E-state index contributed by atoms with van der Waals surface area (Å²) in [6.07, 6.45) is 1.37. The summed E-state index contributed by atoms with van der Waals surface area (Å²) in [7, 11) is 0. The van der Waals surface area contributed by atoms with Crippen LogP contribution in [0.3, 0.4) is 0 Å². The van der Waals surface area contributed by atoms with Crippen molar-refractivity contribution >= 4 is 17.5 Å². The topological polar surface area (TPSA) is 87.8 Å². The molecule has 0 spiro atoms. The third-order valence-electron chi connectivity index (χ3n) is 5.04. The molecule has 0 aromatic carbocycles. The van der Waals surface area contributed by atoms with Crippen LogP contribution in [0.15, 0.2) is 35.9 Å². The van der Waals surface area contributed by atoms with Crippen molar-refractivity contribution in [1.29, 1.82) is 0 Å². The highest BCUT2D eigenvalue weighted by atomic mass is 19.4. The number of nitrogens with one attached hydrogen (secondary N) is 3. The van der Waals surface area contributed by atoms with Gasteiger partial charge in [-0.2, -0.15) is 18.3 Å². The van der Waals surface area contributed by atoms with Gasteiger partial charge in [-0.1, -0.05) is 18.2 Å². The number of aryl methyl sites for hydroxylation is 1. The summed E-state index contributed by atoms with van der Waals surface area (Å²) in [5, 5.41) is 13.6. The normalized spacial score (nSPS) is 20.1. The first-order valence-electron chi connectivity index (χ1n) is 9.84. The van der Waals surface area contributed by atoms with Gasteiger partial charge in [-0.3, -0.25) is 5.10 Å². The van der Waals surface area contributed by atoms with Crippen molar-refractivity contribution in [2.45, 2.75) is 44.3 Å². The fourth-order valence-corrected chi connectivity index (χ4v) is 3.46. The first-order chi connectivity index (χ1) is 14.4. The molecule has 1 aliphatic carbocycles. The molecular weight excluding hydrogens is 397 g/mol. The Hall–Kier alpha value is -2.88. The Morgan fingerprint density at radius 3 is 2.50 bits per heavy atom. The summed E-state index contributed by atoms with van der Waals surface area (Å²) >= 11 is 0. The van der Waals surface area contributed by atoms with Crippen LogP contribution < -0.4 is 10.6 Å². The minimum absolute atomic E-state index is 0.188. The summed E-state index contributed by atoms with van der Waals surface area (Å²) in [6, 6.07) is 3.85. The second kappa shape index (κ2) is 8.47. The van der Waals surface area contributed by atoms with Crippen molar-refractivity contribution in [3.8, 4) is 0 Å². The Balaban J connectivity index is 1.58. The molecule has 0 bridgehead atoms. The molecule has 0 radical (unpaired) electrons. The molecule has 2 aromatic rings. The maximum atomic E-state index is 12.9. The van der Waals surface area contributed by atoms with Crippen LogP contribution in [0.4, 0.5) is 30.6 Å². The highest BCUT2D eigenvalue weighted by molar-refractivity contribution is 5.57. The minimum atomic E-state index is -4.35. The van der Waals surface area contributed by atoms with Crippen molar-refractivity contribution in [2.24, 2.45) is 0 Å². The zero-order valence-corrected chi connectivity index (χ0v) is 16.5. The van der Waals surface area contributed by atoms with E-state index in [9.17, 15) is 13.2 Å². The van der Waals surface area contributed by atoms with Gasteiger partial charge in [0.15, 0.2) is 5.82 Å². The molecule has 30 heavy (non-hydrogen) atoms. The van der Waals surface area contributed by atoms with E-state index < -0.39 is 11.7 Å². The van der Waals surface area contributed by atoms with Gasteiger partial charge in [-0.05, 0) is 26.2 Å². The second-order valence-corrected chi connectivity index (χ2v) is 7.45. The van der Waals surface area contributed by atoms with Gasteiger partial charge in [0.05, 0.1) is 5.57 Å². The summed E-state index contributed by atoms with van der Waals surface area (Å²) in [4.78, 5) is 9.13. The Morgan fingerprint density at radius 1 is 1.10 bits per heavy atom. The molecule has 0 amide bonds. The molecule has 1 unspecified atom stereocenters. The molecule has 1 saturated heterocycles. The van der Waals surface area contributed by atoms with Crippen LogP contribution >= 0.6 is 0 Å². The number of aromatic amines is 1. The van der Waals surface area contributed by atoms with E-state index in [0.717, 1.165) is 24.6 Å². The van der Waals surface area contributed by atoms with Crippen LogP contribution in [-0.2, 0) is 4.74 Å². The van der Waals surface area contributed by atoms with Crippen LogP contribution in [-0.4, -0.2) is 45.6 Å². The van der Waals surface area contributed by atoms with E-state index in [0.29, 0.717) is 36.5 Å². The average Bonchev–Trinajstić information content (AvgIpc) is 3.12. The molecule has 160 valence electrons. The number of alkyl halides is 3. The van der Waals surface area contributed by atoms with Crippen molar-refractivity contribution in [1.82, 2.24) is 20.2 Å². The summed E-state index contributed by atoms with van der Waals surface area (Å²) in [5.41, 5.74) is 0.257. The number of allylic oxidation sites excluding steroid dienone is 4. The number of nitrogens with zero attached hydrogens (tertiary/aromatic N) is 3. The van der Waals surface area contributed by atoms with Crippen molar-refractivity contribution < 1.29 is 17.9 Å². The number of ether oxygens (including phenoxy) is 1. The Morgan fingerprint density at radius 2 is 1.87 bits per heavy atom. The molecule has 10 heteroatoms. The number of rotatable bonds is 5. The maximum absolute atomic E-state index is 12.9. The molecule has 7 nitrogen and oxygen atoms in total. The molecule has 2 aliphatic rings. The average molecular weight is 420 g/mol. The lowest BCUT2D eigenvalue weighted by Gasteiger charge is -2.24. The van der Waals surface area contributed by atoms with Gasteiger partial charge >= 0.3 is 6.18 Å². The van der Waals surface area contributed by atoms with Gasteiger partial charge in [0.25, 0.3) is 0 Å². The van der Waals surface area contributed by atoms with Crippen molar-refractivity contribution in [2.75, 3.05) is 23.8 Å². The van der Waals surface area contributed by atoms with Gasteiger partial charge in [0.1, 0.15) is 17.5 Å². The lowest BCUT2D eigenvalue weighted by molar-refractivity contribution is -0.0886. The van der Waals surface area contributed by atoms with Crippen LogP contribution in [0.1, 0.15) is 36.7 Å². The maximum Gasteiger partial charge on any atom is 0.416 e. The van der Waals surface area contributed by atoms with Crippen LogP contribution in [0.2, 0.25) is 0 Å². The number of halogens is 3. The van der Waals surface area contributed by atoms with E-state index >= 15 is 0 Å². The van der Waals surface area contributed by atoms with Crippen molar-refractivity contribution in [3.63, 3.8) is 0 Å². The molecule has 1 atom stereocenters. The monoisotopic (exact) mass is 420 g/mol. The zero-order valence-electron chi connectivity index (χ0n) is 16.5. The standard InChI is InChI=1S/C20H23F3N6O/c1-12-10-18(29-28-12)25-17-11-16(24-15-6-8-30-9-7-15)26-19(27-17)13-2-4-14(5-3-13)20(21,22)23/h2,4-5,10-11,13,15H,3,6-9H2,1H3,(H3,24,25,26,27,28,29). The van der Waals surface area contributed by atoms with Gasteiger partial charge < -0.3 is 15.4 Å². The fraction of sp³-hybridized carbons (Fsp3) is 0.450. The SMILES string of the molecule is Cc1cc(Nc2cc(NC3CCOCC3)nc(C3C=CC(C(F)(F)F)=CC3)n2)n[nH]1. The van der Waals surface area contributed by atoms with Gasteiger partial charge in [0.2, 0.25) is 0 Å². The third kappa shape index (κ3) is 4.99. The second-order valence-electron chi connectivity index (χ2n) is 7.45. The van der Waals surface area contributed by atoms with Gasteiger partial charge in [-0.25, -0.2) is 9.97 Å². The lowest BCUT2D eigenvalue weighted by Crippen LogP contribution is -2.28. The number of aromatic nitrogens is 4. The number of hydrogen-bond donors (Lipinski definition) is 3. The largest absolute Gasteiger partial charge is 0.416 e. The number of H-pyrrole nitrogens is 1. The van der Waals surface area contributed by atoms with E-state index in [2.05, 4.69) is 30.8 Å². The highest BCUT2D eigenvalue weighted by Gasteiger charge is 2.33. The van der Waals surface area contributed by atoms with E-state index in [-0.39, 0.29) is 18.4 Å². The zero-order chi connectivity index (χ0) is 21.1. The molecule has 3 N–H and O–H groups in total. The fourth-order valence-electron chi connectivity index (χ4n) is 3.46. The van der Waals surface area contributed by atoms with Crippen LogP contribution in [0.5, 0.6) is 0 Å². The Kier molecular flexibility index (Phi) is 5.76. The highest BCUT2D eigenvalue weighted by Crippen LogP contribution is 2.34. The van der Waals surface area contributed by atoms with E-state index in [1.165, 1.54) is 12.2 Å². The van der Waals surface area contributed by atoms with E-state index in [1.54, 1.807) is 6.07 Å². The summed E-state index contributed by atoms with van der Waals surface area (Å²) in [5.74, 6) is 1.87. The molecular formula is C20H23F3N6O. The summed E-state index contributed by atoms with van der Waals surface area (Å²) < 4.78 is 44.1. The predicted molar refractivity (Wildman–Crippen MR) is 107 cm³/mol. The molecule has 0 saturated carbocycles. The van der Waals surface area contributed by atoms with E-state index in [1.807, 2.05) is 13.0 Å². The molecule has 3 heterocycles. The molecule has 1 aliphatic heterocycles.